The van der Waals surface area contributed by atoms with Crippen molar-refractivity contribution >= 4 is 28.2 Å². The van der Waals surface area contributed by atoms with Crippen LogP contribution in [0.3, 0.4) is 0 Å². The minimum Gasteiger partial charge on any atom is -0.465 e. The number of carbonyl (C=O) groups is 1. The highest BCUT2D eigenvalue weighted by atomic mass is 32.1. The Morgan fingerprint density at radius 1 is 1.30 bits per heavy atom. The lowest BCUT2D eigenvalue weighted by Crippen LogP contribution is -2.27. The van der Waals surface area contributed by atoms with E-state index in [-0.39, 0.29) is 18.1 Å². The van der Waals surface area contributed by atoms with Gasteiger partial charge < -0.3 is 15.0 Å². The van der Waals surface area contributed by atoms with E-state index in [9.17, 15) is 9.59 Å². The number of nitrogens with one attached hydrogen (secondary N) is 2. The Kier molecular flexibility index (Phi) is 6.95. The first-order valence-corrected chi connectivity index (χ1v) is 11.6. The highest BCUT2D eigenvalue weighted by Crippen LogP contribution is 2.24. The van der Waals surface area contributed by atoms with Gasteiger partial charge in [0, 0.05) is 16.5 Å². The molecule has 4 rings (SSSR count). The van der Waals surface area contributed by atoms with Crippen molar-refractivity contribution in [2.45, 2.75) is 46.3 Å². The van der Waals surface area contributed by atoms with Crippen molar-refractivity contribution in [3.63, 3.8) is 0 Å². The molecule has 4 aromatic rings. The lowest BCUT2D eigenvalue weighted by Gasteiger charge is -2.18. The maximum atomic E-state index is 12.9. The SMILES string of the molecule is CCOC(=O)Cn1nnnc1CNC(Cc1cc2cc(C)cc(C)c2[nH]c1=O)c1cccs1. The molecule has 0 aliphatic heterocycles. The van der Waals surface area contributed by atoms with Gasteiger partial charge in [0.05, 0.1) is 18.7 Å². The molecule has 2 N–H and O–H groups in total. The molecule has 1 aromatic carbocycles. The summed E-state index contributed by atoms with van der Waals surface area (Å²) in [6.07, 6.45) is 0.498. The minimum absolute atomic E-state index is 0.0510. The molecule has 9 nitrogen and oxygen atoms in total. The first-order valence-electron chi connectivity index (χ1n) is 10.7. The molecule has 0 aliphatic carbocycles. The van der Waals surface area contributed by atoms with Gasteiger partial charge in [-0.25, -0.2) is 4.68 Å². The third-order valence-corrected chi connectivity index (χ3v) is 6.36. The topological polar surface area (TPSA) is 115 Å². The van der Waals surface area contributed by atoms with Crippen molar-refractivity contribution in [3.8, 4) is 0 Å². The number of benzene rings is 1. The fourth-order valence-corrected chi connectivity index (χ4v) is 4.68. The zero-order chi connectivity index (χ0) is 23.4. The summed E-state index contributed by atoms with van der Waals surface area (Å²) < 4.78 is 6.41. The van der Waals surface area contributed by atoms with Crippen LogP contribution in [0.25, 0.3) is 10.9 Å². The zero-order valence-electron chi connectivity index (χ0n) is 18.8. The molecule has 0 aliphatic rings. The van der Waals surface area contributed by atoms with Gasteiger partial charge in [0.15, 0.2) is 5.82 Å². The van der Waals surface area contributed by atoms with E-state index in [0.29, 0.717) is 31.0 Å². The number of esters is 1. The van der Waals surface area contributed by atoms with Crippen molar-refractivity contribution in [1.82, 2.24) is 30.5 Å². The smallest absolute Gasteiger partial charge is 0.327 e. The average molecular weight is 467 g/mol. The van der Waals surface area contributed by atoms with Gasteiger partial charge in [-0.2, -0.15) is 0 Å². The van der Waals surface area contributed by atoms with E-state index >= 15 is 0 Å². The number of nitrogens with zero attached hydrogens (tertiary/aromatic N) is 4. The molecule has 0 amide bonds. The van der Waals surface area contributed by atoms with Crippen molar-refractivity contribution in [2.75, 3.05) is 6.61 Å². The van der Waals surface area contributed by atoms with Crippen molar-refractivity contribution in [2.24, 2.45) is 0 Å². The maximum Gasteiger partial charge on any atom is 0.327 e. The van der Waals surface area contributed by atoms with Crippen LogP contribution < -0.4 is 10.9 Å². The van der Waals surface area contributed by atoms with Gasteiger partial charge in [-0.3, -0.25) is 9.59 Å². The van der Waals surface area contributed by atoms with Crippen LogP contribution in [0.5, 0.6) is 0 Å². The number of hydrogen-bond acceptors (Lipinski definition) is 8. The van der Waals surface area contributed by atoms with Crippen molar-refractivity contribution in [3.05, 3.63) is 73.5 Å². The van der Waals surface area contributed by atoms with Crippen molar-refractivity contribution in [1.29, 1.82) is 0 Å². The number of aryl methyl sites for hydroxylation is 2. The Hall–Kier alpha value is -3.37. The van der Waals surface area contributed by atoms with Crippen LogP contribution in [0.2, 0.25) is 0 Å². The Morgan fingerprint density at radius 2 is 2.15 bits per heavy atom. The second kappa shape index (κ2) is 10.1. The Bertz CT molecular complexity index is 1310. The number of carbonyl (C=O) groups excluding carboxylic acids is 1. The van der Waals surface area contributed by atoms with Crippen LogP contribution in [-0.2, 0) is 29.0 Å². The van der Waals surface area contributed by atoms with Gasteiger partial charge in [-0.05, 0) is 72.1 Å². The van der Waals surface area contributed by atoms with E-state index in [0.717, 1.165) is 26.9 Å². The molecule has 0 saturated heterocycles. The molecule has 0 fully saturated rings. The first kappa shape index (κ1) is 22.8. The lowest BCUT2D eigenvalue weighted by atomic mass is 10.0. The molecule has 0 saturated carbocycles. The Morgan fingerprint density at radius 3 is 2.91 bits per heavy atom. The van der Waals surface area contributed by atoms with E-state index in [1.807, 2.05) is 37.4 Å². The van der Waals surface area contributed by atoms with E-state index < -0.39 is 5.97 Å². The number of ether oxygens (including phenoxy) is 1. The van der Waals surface area contributed by atoms with Crippen LogP contribution in [0, 0.1) is 13.8 Å². The highest BCUT2D eigenvalue weighted by Gasteiger charge is 2.18. The molecule has 33 heavy (non-hydrogen) atoms. The van der Waals surface area contributed by atoms with E-state index in [1.54, 1.807) is 18.3 Å². The highest BCUT2D eigenvalue weighted by molar-refractivity contribution is 7.10. The first-order chi connectivity index (χ1) is 15.9. The zero-order valence-corrected chi connectivity index (χ0v) is 19.6. The molecule has 1 unspecified atom stereocenters. The summed E-state index contributed by atoms with van der Waals surface area (Å²) >= 11 is 1.62. The second-order valence-electron chi connectivity index (χ2n) is 7.88. The third-order valence-electron chi connectivity index (χ3n) is 5.38. The van der Waals surface area contributed by atoms with Crippen LogP contribution in [0.15, 0.2) is 40.5 Å². The summed E-state index contributed by atoms with van der Waals surface area (Å²) in [7, 11) is 0. The summed E-state index contributed by atoms with van der Waals surface area (Å²) in [4.78, 5) is 28.8. The van der Waals surface area contributed by atoms with Crippen LogP contribution in [0.1, 0.15) is 40.4 Å². The summed E-state index contributed by atoms with van der Waals surface area (Å²) in [6.45, 7) is 6.38. The molecule has 3 heterocycles. The number of rotatable bonds is 9. The normalized spacial score (nSPS) is 12.2. The van der Waals surface area contributed by atoms with Gasteiger partial charge in [0.25, 0.3) is 5.56 Å². The molecular weight excluding hydrogens is 440 g/mol. The molecule has 0 bridgehead atoms. The van der Waals surface area contributed by atoms with Crippen LogP contribution in [-0.4, -0.2) is 37.8 Å². The number of fused-ring (bicyclic) bond motifs is 1. The monoisotopic (exact) mass is 466 g/mol. The molecule has 0 radical (unpaired) electrons. The van der Waals surface area contributed by atoms with Crippen molar-refractivity contribution < 1.29 is 9.53 Å². The standard InChI is InChI=1S/C23H26N6O3S/c1-4-32-21(30)13-29-20(26-27-28-29)12-24-18(19-6-5-7-33-19)11-17-10-16-9-14(2)8-15(3)22(16)25-23(17)31/h5-10,18,24H,4,11-13H2,1-3H3,(H,25,31). The van der Waals surface area contributed by atoms with E-state index in [2.05, 4.69) is 38.0 Å². The van der Waals surface area contributed by atoms with Gasteiger partial charge in [-0.15, -0.1) is 16.4 Å². The lowest BCUT2D eigenvalue weighted by molar-refractivity contribution is -0.144. The fraction of sp³-hybridized carbons (Fsp3) is 0.348. The van der Waals surface area contributed by atoms with E-state index in [1.165, 1.54) is 4.68 Å². The second-order valence-corrected chi connectivity index (χ2v) is 8.86. The Labute approximate surface area is 194 Å². The molecule has 3 aromatic heterocycles. The quantitative estimate of drug-likeness (QED) is 0.365. The summed E-state index contributed by atoms with van der Waals surface area (Å²) in [5.74, 6) is 0.123. The fourth-order valence-electron chi connectivity index (χ4n) is 3.88. The number of thiophene rings is 1. The number of aromatic nitrogens is 5. The Balaban J connectivity index is 1.57. The van der Waals surface area contributed by atoms with Gasteiger partial charge >= 0.3 is 5.97 Å². The number of tetrazole rings is 1. The maximum absolute atomic E-state index is 12.9. The molecule has 1 atom stereocenters. The number of hydrogen-bond donors (Lipinski definition) is 2. The molecule has 172 valence electrons. The average Bonchev–Trinajstić information content (AvgIpc) is 3.44. The minimum atomic E-state index is -0.394. The molecular formula is C23H26N6O3S. The van der Waals surface area contributed by atoms with Gasteiger partial charge in [-0.1, -0.05) is 17.7 Å². The molecule has 10 heteroatoms. The van der Waals surface area contributed by atoms with Gasteiger partial charge in [0.1, 0.15) is 6.54 Å². The van der Waals surface area contributed by atoms with Crippen LogP contribution in [0.4, 0.5) is 0 Å². The van der Waals surface area contributed by atoms with Crippen LogP contribution >= 0.6 is 11.3 Å². The summed E-state index contributed by atoms with van der Waals surface area (Å²) in [5, 5.41) is 18.1. The third kappa shape index (κ3) is 5.35. The summed E-state index contributed by atoms with van der Waals surface area (Å²) in [6, 6.07) is 10.0. The van der Waals surface area contributed by atoms with E-state index in [4.69, 9.17) is 4.74 Å². The largest absolute Gasteiger partial charge is 0.465 e. The number of pyridine rings is 1. The summed E-state index contributed by atoms with van der Waals surface area (Å²) in [5.41, 5.74) is 3.68. The number of H-pyrrole nitrogens is 1. The predicted molar refractivity (Wildman–Crippen MR) is 126 cm³/mol. The predicted octanol–water partition coefficient (Wildman–Crippen LogP) is 2.83. The molecule has 0 spiro atoms. The van der Waals surface area contributed by atoms with Gasteiger partial charge in [0.2, 0.25) is 0 Å². The number of aromatic amines is 1.